The van der Waals surface area contributed by atoms with Gasteiger partial charge in [0, 0.05) is 12.6 Å². The van der Waals surface area contributed by atoms with Crippen LogP contribution in [0.5, 0.6) is 5.75 Å². The van der Waals surface area contributed by atoms with Crippen molar-refractivity contribution >= 4 is 28.9 Å². The molecule has 0 aliphatic heterocycles. The van der Waals surface area contributed by atoms with Gasteiger partial charge in [-0.2, -0.15) is 5.10 Å². The fourth-order valence-electron chi connectivity index (χ4n) is 2.77. The molecule has 3 rings (SSSR count). The lowest BCUT2D eigenvalue weighted by Gasteiger charge is -2.06. The van der Waals surface area contributed by atoms with Crippen LogP contribution in [0.25, 0.3) is 10.6 Å². The third kappa shape index (κ3) is 4.45. The quantitative estimate of drug-likeness (QED) is 0.622. The summed E-state index contributed by atoms with van der Waals surface area (Å²) in [5.74, 6) is -0.253. The molecule has 0 aliphatic rings. The first kappa shape index (κ1) is 20.5. The predicted molar refractivity (Wildman–Crippen MR) is 110 cm³/mol. The molecule has 0 radical (unpaired) electrons. The first-order valence-electron chi connectivity index (χ1n) is 8.89. The highest BCUT2D eigenvalue weighted by atomic mass is 32.1. The molecule has 2 aromatic heterocycles. The number of aromatic nitrogens is 3. The van der Waals surface area contributed by atoms with Gasteiger partial charge in [0.25, 0.3) is 5.91 Å². The van der Waals surface area contributed by atoms with E-state index in [9.17, 15) is 9.59 Å². The topological polar surface area (TPSA) is 95.3 Å². The number of aryl methyl sites for hydroxylation is 3. The van der Waals surface area contributed by atoms with E-state index in [1.165, 1.54) is 11.3 Å². The fourth-order valence-corrected chi connectivity index (χ4v) is 3.74. The molecule has 1 aromatic carbocycles. The number of amides is 1. The summed E-state index contributed by atoms with van der Waals surface area (Å²) >= 11 is 1.23. The standard InChI is InChI=1S/C20H22N4O4S/c1-11-17(13(3)24(4)23-11)22-16(25)10-28-20(26)18-12(2)21-19(29-18)14-6-8-15(27-5)9-7-14/h6-9H,10H2,1-5H3,(H,22,25). The summed E-state index contributed by atoms with van der Waals surface area (Å²) in [5.41, 5.74) is 3.59. The number of hydrogen-bond donors (Lipinski definition) is 1. The van der Waals surface area contributed by atoms with E-state index in [0.29, 0.717) is 27.0 Å². The lowest BCUT2D eigenvalue weighted by atomic mass is 10.2. The third-order valence-corrected chi connectivity index (χ3v) is 5.61. The minimum atomic E-state index is -0.574. The molecule has 0 saturated heterocycles. The minimum Gasteiger partial charge on any atom is -0.497 e. The number of carbonyl (C=O) groups excluding carboxylic acids is 2. The summed E-state index contributed by atoms with van der Waals surface area (Å²) in [6.07, 6.45) is 0. The Morgan fingerprint density at radius 2 is 1.83 bits per heavy atom. The Hall–Kier alpha value is -3.20. The number of nitrogens with zero attached hydrogens (tertiary/aromatic N) is 3. The number of anilines is 1. The van der Waals surface area contributed by atoms with Crippen molar-refractivity contribution in [2.24, 2.45) is 7.05 Å². The van der Waals surface area contributed by atoms with Crippen LogP contribution in [0.1, 0.15) is 26.8 Å². The highest BCUT2D eigenvalue weighted by Gasteiger charge is 2.20. The number of carbonyl (C=O) groups is 2. The monoisotopic (exact) mass is 414 g/mol. The Balaban J connectivity index is 1.64. The predicted octanol–water partition coefficient (Wildman–Crippen LogP) is 3.27. The van der Waals surface area contributed by atoms with E-state index >= 15 is 0 Å². The van der Waals surface area contributed by atoms with Gasteiger partial charge >= 0.3 is 5.97 Å². The van der Waals surface area contributed by atoms with E-state index in [-0.39, 0.29) is 6.61 Å². The smallest absolute Gasteiger partial charge is 0.350 e. The molecule has 9 heteroatoms. The molecule has 1 N–H and O–H groups in total. The van der Waals surface area contributed by atoms with Crippen molar-refractivity contribution in [3.63, 3.8) is 0 Å². The van der Waals surface area contributed by atoms with Gasteiger partial charge < -0.3 is 14.8 Å². The van der Waals surface area contributed by atoms with Crippen molar-refractivity contribution in [3.8, 4) is 16.3 Å². The van der Waals surface area contributed by atoms with Crippen LogP contribution in [0.4, 0.5) is 5.69 Å². The third-order valence-electron chi connectivity index (χ3n) is 4.43. The van der Waals surface area contributed by atoms with Crippen LogP contribution in [0.2, 0.25) is 0 Å². The summed E-state index contributed by atoms with van der Waals surface area (Å²) in [6.45, 7) is 5.00. The van der Waals surface area contributed by atoms with Crippen LogP contribution in [0, 0.1) is 20.8 Å². The normalized spacial score (nSPS) is 10.7. The zero-order valence-corrected chi connectivity index (χ0v) is 17.7. The van der Waals surface area contributed by atoms with Crippen LogP contribution in [-0.4, -0.2) is 40.4 Å². The number of hydrogen-bond acceptors (Lipinski definition) is 7. The number of esters is 1. The first-order valence-corrected chi connectivity index (χ1v) is 9.70. The van der Waals surface area contributed by atoms with Gasteiger partial charge in [-0.1, -0.05) is 0 Å². The molecule has 0 aliphatic carbocycles. The Morgan fingerprint density at radius 1 is 1.14 bits per heavy atom. The van der Waals surface area contributed by atoms with E-state index in [1.54, 1.807) is 32.7 Å². The van der Waals surface area contributed by atoms with Crippen LogP contribution < -0.4 is 10.1 Å². The molecule has 0 bridgehead atoms. The van der Waals surface area contributed by atoms with E-state index in [1.807, 2.05) is 31.2 Å². The molecule has 0 atom stereocenters. The summed E-state index contributed by atoms with van der Waals surface area (Å²) in [6, 6.07) is 7.41. The molecule has 152 valence electrons. The maximum atomic E-state index is 12.4. The lowest BCUT2D eigenvalue weighted by molar-refractivity contribution is -0.119. The van der Waals surface area contributed by atoms with Crippen molar-refractivity contribution in [2.45, 2.75) is 20.8 Å². The Bertz CT molecular complexity index is 1050. The van der Waals surface area contributed by atoms with Crippen molar-refractivity contribution in [1.29, 1.82) is 0 Å². The van der Waals surface area contributed by atoms with Crippen molar-refractivity contribution in [3.05, 3.63) is 46.2 Å². The number of nitrogens with one attached hydrogen (secondary N) is 1. The number of rotatable bonds is 6. The van der Waals surface area contributed by atoms with E-state index in [0.717, 1.165) is 17.0 Å². The molecule has 0 unspecified atom stereocenters. The molecule has 0 fully saturated rings. The van der Waals surface area contributed by atoms with Gasteiger partial charge in [-0.25, -0.2) is 9.78 Å². The molecular formula is C20H22N4O4S. The Morgan fingerprint density at radius 3 is 2.41 bits per heavy atom. The number of benzene rings is 1. The van der Waals surface area contributed by atoms with Gasteiger partial charge in [-0.05, 0) is 45.0 Å². The zero-order valence-electron chi connectivity index (χ0n) is 16.9. The Labute approximate surface area is 172 Å². The van der Waals surface area contributed by atoms with Gasteiger partial charge in [0.2, 0.25) is 0 Å². The van der Waals surface area contributed by atoms with Gasteiger partial charge in [0.15, 0.2) is 6.61 Å². The van der Waals surface area contributed by atoms with Crippen LogP contribution in [-0.2, 0) is 16.6 Å². The van der Waals surface area contributed by atoms with Gasteiger partial charge in [-0.15, -0.1) is 11.3 Å². The SMILES string of the molecule is COc1ccc(-c2nc(C)c(C(=O)OCC(=O)Nc3c(C)nn(C)c3C)s2)cc1. The van der Waals surface area contributed by atoms with E-state index in [2.05, 4.69) is 15.4 Å². The molecule has 2 heterocycles. The maximum Gasteiger partial charge on any atom is 0.350 e. The summed E-state index contributed by atoms with van der Waals surface area (Å²) in [5, 5.41) is 7.68. The lowest BCUT2D eigenvalue weighted by Crippen LogP contribution is -2.21. The van der Waals surface area contributed by atoms with Gasteiger partial charge in [0.05, 0.1) is 29.9 Å². The van der Waals surface area contributed by atoms with Crippen molar-refractivity contribution in [1.82, 2.24) is 14.8 Å². The van der Waals surface area contributed by atoms with Crippen LogP contribution in [0.3, 0.4) is 0 Å². The molecule has 0 saturated carbocycles. The number of methoxy groups -OCH3 is 1. The second kappa shape index (κ2) is 8.44. The van der Waals surface area contributed by atoms with Crippen molar-refractivity contribution in [2.75, 3.05) is 19.0 Å². The molecule has 29 heavy (non-hydrogen) atoms. The Kier molecular flexibility index (Phi) is 5.97. The van der Waals surface area contributed by atoms with E-state index in [4.69, 9.17) is 9.47 Å². The van der Waals surface area contributed by atoms with Crippen LogP contribution in [0.15, 0.2) is 24.3 Å². The highest BCUT2D eigenvalue weighted by Crippen LogP contribution is 2.29. The summed E-state index contributed by atoms with van der Waals surface area (Å²) in [4.78, 5) is 29.4. The average molecular weight is 414 g/mol. The van der Waals surface area contributed by atoms with Crippen LogP contribution >= 0.6 is 11.3 Å². The maximum absolute atomic E-state index is 12.4. The fraction of sp³-hybridized carbons (Fsp3) is 0.300. The van der Waals surface area contributed by atoms with Gasteiger partial charge in [-0.3, -0.25) is 9.48 Å². The van der Waals surface area contributed by atoms with E-state index < -0.39 is 11.9 Å². The van der Waals surface area contributed by atoms with Crippen molar-refractivity contribution < 1.29 is 19.1 Å². The number of ether oxygens (including phenoxy) is 2. The van der Waals surface area contributed by atoms with Gasteiger partial charge in [0.1, 0.15) is 15.6 Å². The second-order valence-electron chi connectivity index (χ2n) is 6.46. The minimum absolute atomic E-state index is 0.373. The first-order chi connectivity index (χ1) is 13.8. The second-order valence-corrected chi connectivity index (χ2v) is 7.45. The summed E-state index contributed by atoms with van der Waals surface area (Å²) in [7, 11) is 3.40. The molecule has 8 nitrogen and oxygen atoms in total. The number of thiazole rings is 1. The molecule has 1 amide bonds. The summed E-state index contributed by atoms with van der Waals surface area (Å²) < 4.78 is 12.0. The molecule has 0 spiro atoms. The molecule has 3 aromatic rings. The largest absolute Gasteiger partial charge is 0.497 e. The zero-order chi connectivity index (χ0) is 21.1. The highest BCUT2D eigenvalue weighted by molar-refractivity contribution is 7.17. The average Bonchev–Trinajstić information content (AvgIpc) is 3.21. The molecular weight excluding hydrogens is 392 g/mol.